The second kappa shape index (κ2) is 6.66. The third kappa shape index (κ3) is 3.59. The molecule has 2 heterocycles. The Morgan fingerprint density at radius 2 is 1.95 bits per heavy atom. The van der Waals surface area contributed by atoms with Crippen LogP contribution in [0.5, 0.6) is 0 Å². The average molecular weight is 293 g/mol. The summed E-state index contributed by atoms with van der Waals surface area (Å²) in [6.45, 7) is 3.35. The Bertz CT molecular complexity index is 373. The Balaban J connectivity index is 1.49. The number of amides is 1. The van der Waals surface area contributed by atoms with Crippen LogP contribution in [0.2, 0.25) is 0 Å². The molecule has 0 aromatic rings. The van der Waals surface area contributed by atoms with Gasteiger partial charge in [0.15, 0.2) is 0 Å². The zero-order chi connectivity index (χ0) is 14.8. The van der Waals surface area contributed by atoms with Gasteiger partial charge in [-0.05, 0) is 58.4 Å². The van der Waals surface area contributed by atoms with E-state index in [1.165, 1.54) is 32.1 Å². The summed E-state index contributed by atoms with van der Waals surface area (Å²) >= 11 is 0. The molecule has 0 aromatic carbocycles. The van der Waals surface area contributed by atoms with Crippen LogP contribution in [0.1, 0.15) is 58.3 Å². The Labute approximate surface area is 129 Å². The first-order chi connectivity index (χ1) is 10.1. The Kier molecular flexibility index (Phi) is 4.85. The van der Waals surface area contributed by atoms with E-state index < -0.39 is 0 Å². The summed E-state index contributed by atoms with van der Waals surface area (Å²) in [5, 5.41) is 6.95. The van der Waals surface area contributed by atoms with Crippen molar-refractivity contribution in [3.05, 3.63) is 0 Å². The average Bonchev–Trinajstić information content (AvgIpc) is 2.50. The quantitative estimate of drug-likeness (QED) is 0.817. The van der Waals surface area contributed by atoms with Gasteiger partial charge < -0.3 is 15.5 Å². The van der Waals surface area contributed by atoms with Gasteiger partial charge in [-0.2, -0.15) is 0 Å². The molecule has 0 radical (unpaired) electrons. The lowest BCUT2D eigenvalue weighted by Crippen LogP contribution is -2.57. The number of rotatable bonds is 2. The molecule has 0 aromatic heterocycles. The van der Waals surface area contributed by atoms with Crippen LogP contribution in [0, 0.1) is 5.92 Å². The molecule has 5 atom stereocenters. The van der Waals surface area contributed by atoms with Crippen molar-refractivity contribution in [2.24, 2.45) is 5.92 Å². The maximum atomic E-state index is 12.5. The van der Waals surface area contributed by atoms with E-state index in [2.05, 4.69) is 29.5 Å². The second-order valence-electron chi connectivity index (χ2n) is 7.51. The predicted octanol–water partition coefficient (Wildman–Crippen LogP) is 1.90. The summed E-state index contributed by atoms with van der Waals surface area (Å²) in [5.41, 5.74) is 0. The number of hydrogen-bond donors (Lipinski definition) is 2. The monoisotopic (exact) mass is 293 g/mol. The summed E-state index contributed by atoms with van der Waals surface area (Å²) in [6, 6.07) is 1.60. The van der Waals surface area contributed by atoms with Crippen molar-refractivity contribution in [1.29, 1.82) is 0 Å². The minimum atomic E-state index is 0.0549. The maximum Gasteiger partial charge on any atom is 0.237 e. The molecule has 2 saturated heterocycles. The fourth-order valence-corrected chi connectivity index (χ4v) is 4.42. The fourth-order valence-electron chi connectivity index (χ4n) is 4.42. The number of nitrogens with zero attached hydrogens (tertiary/aromatic N) is 1. The number of hydrogen-bond acceptors (Lipinski definition) is 3. The summed E-state index contributed by atoms with van der Waals surface area (Å²) < 4.78 is 0. The first kappa shape index (κ1) is 15.3. The molecular weight excluding hydrogens is 262 g/mol. The second-order valence-corrected chi connectivity index (χ2v) is 7.51. The van der Waals surface area contributed by atoms with Crippen molar-refractivity contribution >= 4 is 5.91 Å². The minimum absolute atomic E-state index is 0.0549. The van der Waals surface area contributed by atoms with E-state index in [1.807, 2.05) is 0 Å². The van der Waals surface area contributed by atoms with Gasteiger partial charge in [0.1, 0.15) is 0 Å². The lowest BCUT2D eigenvalue weighted by molar-refractivity contribution is -0.125. The van der Waals surface area contributed by atoms with Crippen molar-refractivity contribution in [2.45, 2.75) is 82.5 Å². The summed E-state index contributed by atoms with van der Waals surface area (Å²) in [4.78, 5) is 14.9. The van der Waals surface area contributed by atoms with E-state index in [-0.39, 0.29) is 11.9 Å². The van der Waals surface area contributed by atoms with Crippen molar-refractivity contribution in [3.63, 3.8) is 0 Å². The fraction of sp³-hybridized carbons (Fsp3) is 0.941. The Morgan fingerprint density at radius 1 is 1.14 bits per heavy atom. The molecule has 1 amide bonds. The van der Waals surface area contributed by atoms with Gasteiger partial charge in [-0.25, -0.2) is 0 Å². The van der Waals surface area contributed by atoms with E-state index in [0.29, 0.717) is 18.1 Å². The highest BCUT2D eigenvalue weighted by atomic mass is 16.2. The van der Waals surface area contributed by atoms with E-state index >= 15 is 0 Å². The molecule has 21 heavy (non-hydrogen) atoms. The van der Waals surface area contributed by atoms with E-state index in [9.17, 15) is 4.79 Å². The topological polar surface area (TPSA) is 44.4 Å². The van der Waals surface area contributed by atoms with Crippen LogP contribution in [-0.4, -0.2) is 48.6 Å². The molecule has 3 rings (SSSR count). The van der Waals surface area contributed by atoms with Gasteiger partial charge in [0.2, 0.25) is 5.91 Å². The third-order valence-corrected chi connectivity index (χ3v) is 6.02. The van der Waals surface area contributed by atoms with Crippen LogP contribution in [0.3, 0.4) is 0 Å². The highest BCUT2D eigenvalue weighted by Crippen LogP contribution is 2.32. The van der Waals surface area contributed by atoms with Gasteiger partial charge in [-0.1, -0.05) is 12.8 Å². The molecule has 2 N–H and O–H groups in total. The number of piperidine rings is 2. The van der Waals surface area contributed by atoms with Crippen LogP contribution in [0.15, 0.2) is 0 Å². The molecule has 1 aliphatic carbocycles. The first-order valence-corrected chi connectivity index (χ1v) is 8.90. The zero-order valence-corrected chi connectivity index (χ0v) is 13.6. The van der Waals surface area contributed by atoms with Crippen LogP contribution >= 0.6 is 0 Å². The molecule has 5 unspecified atom stereocenters. The third-order valence-electron chi connectivity index (χ3n) is 6.02. The maximum absolute atomic E-state index is 12.5. The van der Waals surface area contributed by atoms with Gasteiger partial charge in [-0.3, -0.25) is 4.79 Å². The highest BCUT2D eigenvalue weighted by Gasteiger charge is 2.35. The lowest BCUT2D eigenvalue weighted by atomic mass is 9.77. The highest BCUT2D eigenvalue weighted by molar-refractivity contribution is 5.82. The van der Waals surface area contributed by atoms with Crippen LogP contribution in [0.4, 0.5) is 0 Å². The molecule has 3 fully saturated rings. The van der Waals surface area contributed by atoms with E-state index in [4.69, 9.17) is 0 Å². The van der Waals surface area contributed by atoms with Gasteiger partial charge in [0.25, 0.3) is 0 Å². The van der Waals surface area contributed by atoms with Crippen LogP contribution in [0.25, 0.3) is 0 Å². The predicted molar refractivity (Wildman–Crippen MR) is 85.2 cm³/mol. The molecule has 2 aliphatic heterocycles. The molecule has 3 aliphatic rings. The molecule has 4 nitrogen and oxygen atoms in total. The molecule has 0 spiro atoms. The molecule has 1 saturated carbocycles. The summed E-state index contributed by atoms with van der Waals surface area (Å²) in [7, 11) is 2.18. The van der Waals surface area contributed by atoms with Crippen LogP contribution in [-0.2, 0) is 4.79 Å². The number of nitrogens with one attached hydrogen (secondary N) is 2. The number of carbonyl (C=O) groups is 1. The van der Waals surface area contributed by atoms with Crippen molar-refractivity contribution in [3.8, 4) is 0 Å². The number of carbonyl (C=O) groups excluding carboxylic acids is 1. The zero-order valence-electron chi connectivity index (χ0n) is 13.6. The SMILES string of the molecule is CC1CC(NC(=O)C2CCC3CCCCC3N2)CCN1C. The Morgan fingerprint density at radius 3 is 2.76 bits per heavy atom. The number of fused-ring (bicyclic) bond motifs is 1. The normalized spacial score (nSPS) is 41.3. The van der Waals surface area contributed by atoms with Crippen molar-refractivity contribution < 1.29 is 4.79 Å². The van der Waals surface area contributed by atoms with Crippen LogP contribution < -0.4 is 10.6 Å². The molecule has 0 bridgehead atoms. The summed E-state index contributed by atoms with van der Waals surface area (Å²) in [5.74, 6) is 1.08. The van der Waals surface area contributed by atoms with E-state index in [1.54, 1.807) is 0 Å². The van der Waals surface area contributed by atoms with Gasteiger partial charge >= 0.3 is 0 Å². The van der Waals surface area contributed by atoms with Gasteiger partial charge in [0, 0.05) is 24.7 Å². The minimum Gasteiger partial charge on any atom is -0.352 e. The standard InChI is InChI=1S/C17H31N3O/c1-12-11-14(9-10-20(12)2)18-17(21)16-8-7-13-5-3-4-6-15(13)19-16/h12-16,19H,3-11H2,1-2H3,(H,18,21). The van der Waals surface area contributed by atoms with Crippen molar-refractivity contribution in [1.82, 2.24) is 15.5 Å². The smallest absolute Gasteiger partial charge is 0.237 e. The largest absolute Gasteiger partial charge is 0.352 e. The Hall–Kier alpha value is -0.610. The molecule has 4 heteroatoms. The molecular formula is C17H31N3O. The van der Waals surface area contributed by atoms with Gasteiger partial charge in [0.05, 0.1) is 6.04 Å². The van der Waals surface area contributed by atoms with Crippen molar-refractivity contribution in [2.75, 3.05) is 13.6 Å². The molecule has 120 valence electrons. The van der Waals surface area contributed by atoms with Gasteiger partial charge in [-0.15, -0.1) is 0 Å². The summed E-state index contributed by atoms with van der Waals surface area (Å²) in [6.07, 6.45) is 9.77. The lowest BCUT2D eigenvalue weighted by Gasteiger charge is -2.41. The first-order valence-electron chi connectivity index (χ1n) is 8.90. The number of likely N-dealkylation sites (tertiary alicyclic amines) is 1. The van der Waals surface area contributed by atoms with E-state index in [0.717, 1.165) is 31.7 Å².